The second-order valence-corrected chi connectivity index (χ2v) is 8.16. The molecule has 1 unspecified atom stereocenters. The average Bonchev–Trinajstić information content (AvgIpc) is 2.64. The van der Waals surface area contributed by atoms with Gasteiger partial charge in [-0.25, -0.2) is 0 Å². The molecule has 0 aliphatic rings. The zero-order valence-electron chi connectivity index (χ0n) is 18.5. The van der Waals surface area contributed by atoms with Crippen molar-refractivity contribution in [1.29, 1.82) is 0 Å². The van der Waals surface area contributed by atoms with Crippen LogP contribution in [0.3, 0.4) is 0 Å². The molecule has 0 aliphatic carbocycles. The molecule has 0 rings (SSSR count). The van der Waals surface area contributed by atoms with Crippen molar-refractivity contribution in [3.63, 3.8) is 0 Å². The number of carboxylic acid groups (broad SMARTS) is 1. The molecular formula is C22H48ClN3O2. The van der Waals surface area contributed by atoms with Gasteiger partial charge in [0.05, 0.1) is 6.42 Å². The highest BCUT2D eigenvalue weighted by Crippen LogP contribution is 2.26. The fourth-order valence-corrected chi connectivity index (χ4v) is 3.85. The van der Waals surface area contributed by atoms with Gasteiger partial charge in [-0.3, -0.25) is 4.79 Å². The normalized spacial score (nSPS) is 12.6. The van der Waals surface area contributed by atoms with Gasteiger partial charge in [0.1, 0.15) is 0 Å². The van der Waals surface area contributed by atoms with Gasteiger partial charge in [0.2, 0.25) is 0 Å². The van der Waals surface area contributed by atoms with Crippen molar-refractivity contribution in [1.82, 2.24) is 5.32 Å². The van der Waals surface area contributed by atoms with Crippen LogP contribution in [0.1, 0.15) is 110 Å². The fourth-order valence-electron chi connectivity index (χ4n) is 3.85. The lowest BCUT2D eigenvalue weighted by atomic mass is 9.79. The fraction of sp³-hybridized carbons (Fsp3) is 0.955. The third-order valence-corrected chi connectivity index (χ3v) is 5.60. The Morgan fingerprint density at radius 2 is 1.32 bits per heavy atom. The lowest BCUT2D eigenvalue weighted by Gasteiger charge is -2.38. The number of aliphatic carboxylic acids is 1. The zero-order chi connectivity index (χ0) is 20.4. The molecular weight excluding hydrogens is 374 g/mol. The first-order chi connectivity index (χ1) is 13.0. The Balaban J connectivity index is 0. The van der Waals surface area contributed by atoms with Gasteiger partial charge in [-0.15, -0.1) is 12.4 Å². The summed E-state index contributed by atoms with van der Waals surface area (Å²) in [5.41, 5.74) is 12.0. The Kier molecular flexibility index (Phi) is 21.2. The summed E-state index contributed by atoms with van der Waals surface area (Å²) in [6, 6.07) is -0.204. The highest BCUT2D eigenvalue weighted by Gasteiger charge is 2.35. The van der Waals surface area contributed by atoms with Gasteiger partial charge in [-0.1, -0.05) is 90.9 Å². The second-order valence-electron chi connectivity index (χ2n) is 8.16. The molecule has 170 valence electrons. The molecule has 0 saturated carbocycles. The molecule has 0 amide bonds. The zero-order valence-corrected chi connectivity index (χ0v) is 19.3. The topological polar surface area (TPSA) is 101 Å². The van der Waals surface area contributed by atoms with Crippen LogP contribution in [0.25, 0.3) is 0 Å². The third-order valence-electron chi connectivity index (χ3n) is 5.60. The predicted octanol–water partition coefficient (Wildman–Crippen LogP) is 5.00. The molecule has 0 aromatic rings. The van der Waals surface area contributed by atoms with E-state index in [1.54, 1.807) is 0 Å². The van der Waals surface area contributed by atoms with E-state index in [9.17, 15) is 9.90 Å². The maximum Gasteiger partial charge on any atom is 0.304 e. The minimum absolute atomic E-state index is 0. The van der Waals surface area contributed by atoms with Crippen LogP contribution in [0, 0.1) is 0 Å². The summed E-state index contributed by atoms with van der Waals surface area (Å²) >= 11 is 0. The first-order valence-corrected chi connectivity index (χ1v) is 11.4. The molecule has 6 N–H and O–H groups in total. The van der Waals surface area contributed by atoms with E-state index in [0.29, 0.717) is 13.1 Å². The van der Waals surface area contributed by atoms with Gasteiger partial charge in [0.25, 0.3) is 0 Å². The lowest BCUT2D eigenvalue weighted by molar-refractivity contribution is -0.138. The molecule has 0 aromatic heterocycles. The van der Waals surface area contributed by atoms with Crippen molar-refractivity contribution in [3.05, 3.63) is 0 Å². The highest BCUT2D eigenvalue weighted by molar-refractivity contribution is 5.85. The smallest absolute Gasteiger partial charge is 0.304 e. The molecule has 0 saturated heterocycles. The van der Waals surface area contributed by atoms with Crippen molar-refractivity contribution in [2.45, 2.75) is 122 Å². The van der Waals surface area contributed by atoms with Crippen LogP contribution < -0.4 is 16.8 Å². The SMILES string of the molecule is CCCCCCCCC(N)(CCCCCCCC)C(CC(=O)O)NCCN.Cl. The third kappa shape index (κ3) is 15.5. The minimum Gasteiger partial charge on any atom is -0.481 e. The number of nitrogens with two attached hydrogens (primary N) is 2. The van der Waals surface area contributed by atoms with E-state index in [1.165, 1.54) is 64.2 Å². The van der Waals surface area contributed by atoms with Crippen LogP contribution in [0.5, 0.6) is 0 Å². The monoisotopic (exact) mass is 421 g/mol. The van der Waals surface area contributed by atoms with Gasteiger partial charge < -0.3 is 21.9 Å². The average molecular weight is 422 g/mol. The molecule has 0 radical (unpaired) electrons. The predicted molar refractivity (Wildman–Crippen MR) is 123 cm³/mol. The Labute approximate surface area is 180 Å². The van der Waals surface area contributed by atoms with Crippen molar-refractivity contribution in [2.75, 3.05) is 13.1 Å². The summed E-state index contributed by atoms with van der Waals surface area (Å²) in [6.45, 7) is 5.57. The largest absolute Gasteiger partial charge is 0.481 e. The standard InChI is InChI=1S/C22H47N3O2.ClH/c1-3-5-7-9-11-13-15-22(24,16-14-12-10-8-6-4-2)20(19-21(26)27)25-18-17-23;/h20,25H,3-19,23-24H2,1-2H3,(H,26,27);1H. The number of halogens is 1. The molecule has 0 fully saturated rings. The number of rotatable bonds is 20. The summed E-state index contributed by atoms with van der Waals surface area (Å²) in [4.78, 5) is 11.4. The Bertz CT molecular complexity index is 341. The van der Waals surface area contributed by atoms with Gasteiger partial charge in [0, 0.05) is 24.7 Å². The number of nitrogens with one attached hydrogen (secondary N) is 1. The van der Waals surface area contributed by atoms with Crippen molar-refractivity contribution in [3.8, 4) is 0 Å². The van der Waals surface area contributed by atoms with Gasteiger partial charge in [0.15, 0.2) is 0 Å². The van der Waals surface area contributed by atoms with E-state index >= 15 is 0 Å². The number of unbranched alkanes of at least 4 members (excludes halogenated alkanes) is 10. The maximum absolute atomic E-state index is 11.4. The van der Waals surface area contributed by atoms with Gasteiger partial charge in [-0.05, 0) is 12.8 Å². The number of hydrogen-bond donors (Lipinski definition) is 4. The van der Waals surface area contributed by atoms with E-state index in [2.05, 4.69) is 19.2 Å². The van der Waals surface area contributed by atoms with Crippen molar-refractivity contribution >= 4 is 18.4 Å². The van der Waals surface area contributed by atoms with Crippen LogP contribution in [-0.4, -0.2) is 35.7 Å². The maximum atomic E-state index is 11.4. The van der Waals surface area contributed by atoms with Crippen molar-refractivity contribution in [2.24, 2.45) is 11.5 Å². The number of hydrogen-bond acceptors (Lipinski definition) is 4. The van der Waals surface area contributed by atoms with Gasteiger partial charge in [-0.2, -0.15) is 0 Å². The summed E-state index contributed by atoms with van der Waals surface area (Å²) in [5, 5.41) is 12.7. The van der Waals surface area contributed by atoms with E-state index in [0.717, 1.165) is 25.7 Å². The number of carboxylic acids is 1. The minimum atomic E-state index is -0.787. The molecule has 28 heavy (non-hydrogen) atoms. The van der Waals surface area contributed by atoms with Crippen LogP contribution >= 0.6 is 12.4 Å². The summed E-state index contributed by atoms with van der Waals surface area (Å²) in [5.74, 6) is -0.787. The highest BCUT2D eigenvalue weighted by atomic mass is 35.5. The van der Waals surface area contributed by atoms with E-state index in [-0.39, 0.29) is 24.9 Å². The molecule has 0 heterocycles. The van der Waals surface area contributed by atoms with Crippen molar-refractivity contribution < 1.29 is 9.90 Å². The molecule has 0 spiro atoms. The number of carbonyl (C=O) groups is 1. The first-order valence-electron chi connectivity index (χ1n) is 11.4. The Morgan fingerprint density at radius 1 is 0.893 bits per heavy atom. The van der Waals surface area contributed by atoms with Crippen LogP contribution in [0.2, 0.25) is 0 Å². The summed E-state index contributed by atoms with van der Waals surface area (Å²) < 4.78 is 0. The molecule has 0 aromatic carbocycles. The van der Waals surface area contributed by atoms with Gasteiger partial charge >= 0.3 is 5.97 Å². The molecule has 1 atom stereocenters. The first kappa shape index (κ1) is 29.8. The Hall–Kier alpha value is -0.360. The molecule has 5 nitrogen and oxygen atoms in total. The van der Waals surface area contributed by atoms with Crippen LogP contribution in [-0.2, 0) is 4.79 Å². The van der Waals surface area contributed by atoms with Crippen LogP contribution in [0.15, 0.2) is 0 Å². The second kappa shape index (κ2) is 19.9. The van der Waals surface area contributed by atoms with E-state index in [4.69, 9.17) is 11.5 Å². The van der Waals surface area contributed by atoms with Crippen LogP contribution in [0.4, 0.5) is 0 Å². The molecule has 0 bridgehead atoms. The summed E-state index contributed by atoms with van der Waals surface area (Å²) in [6.07, 6.45) is 16.6. The molecule has 0 aliphatic heterocycles. The van der Waals surface area contributed by atoms with E-state index < -0.39 is 11.5 Å². The lowest BCUT2D eigenvalue weighted by Crippen LogP contribution is -2.58. The Morgan fingerprint density at radius 3 is 1.71 bits per heavy atom. The summed E-state index contributed by atoms with van der Waals surface area (Å²) in [7, 11) is 0. The van der Waals surface area contributed by atoms with E-state index in [1.807, 2.05) is 0 Å². The molecule has 6 heteroatoms. The quantitative estimate of drug-likeness (QED) is 0.207.